The molecule has 14 saturated carbocycles. The van der Waals surface area contributed by atoms with Crippen LogP contribution in [0, 0.1) is 142 Å². The molecule has 94 heavy (non-hydrogen) atoms. The molecular formula is C94H180. The van der Waals surface area contributed by atoms with Crippen LogP contribution in [0.4, 0.5) is 0 Å². The Morgan fingerprint density at radius 2 is 0.298 bits per heavy atom. The summed E-state index contributed by atoms with van der Waals surface area (Å²) in [6, 6.07) is 0. The van der Waals surface area contributed by atoms with E-state index >= 15 is 0 Å². The van der Waals surface area contributed by atoms with Crippen molar-refractivity contribution in [2.75, 3.05) is 0 Å². The maximum atomic E-state index is 2.58. The Balaban J connectivity index is 0.000000211. The molecule has 0 N–H and O–H groups in total. The highest BCUT2D eigenvalue weighted by atomic mass is 14.5. The predicted molar refractivity (Wildman–Crippen MR) is 424 cm³/mol. The molecule has 14 aliphatic carbocycles. The van der Waals surface area contributed by atoms with Crippen LogP contribution in [0.2, 0.25) is 0 Å². The summed E-state index contributed by atoms with van der Waals surface area (Å²) < 4.78 is 0. The first-order valence-electron chi connectivity index (χ1n) is 45.9. The highest BCUT2D eigenvalue weighted by Crippen LogP contribution is 2.55. The molecule has 0 radical (unpaired) electrons. The fraction of sp³-hybridized carbons (Fsp3) is 1.00. The monoisotopic (exact) mass is 1310 g/mol. The lowest BCUT2D eigenvalue weighted by Crippen LogP contribution is -2.26. The maximum Gasteiger partial charge on any atom is -0.0360 e. The summed E-state index contributed by atoms with van der Waals surface area (Å²) in [5.41, 5.74) is 0. The van der Waals surface area contributed by atoms with Crippen LogP contribution in [-0.4, -0.2) is 0 Å². The molecule has 0 amide bonds. The van der Waals surface area contributed by atoms with Gasteiger partial charge in [-0.3, -0.25) is 0 Å². The van der Waals surface area contributed by atoms with E-state index < -0.39 is 0 Å². The summed E-state index contributed by atoms with van der Waals surface area (Å²) in [5, 5.41) is 0. The van der Waals surface area contributed by atoms with Gasteiger partial charge in [0.1, 0.15) is 0 Å². The molecule has 0 aromatic rings. The highest BCUT2D eigenvalue weighted by Gasteiger charge is 2.44. The molecule has 0 spiro atoms. The molecule has 10 atom stereocenters. The van der Waals surface area contributed by atoms with Crippen molar-refractivity contribution in [2.45, 2.75) is 458 Å². The molecular weight excluding hydrogens is 1130 g/mol. The molecule has 556 valence electrons. The van der Waals surface area contributed by atoms with E-state index in [-0.39, 0.29) is 0 Å². The largest absolute Gasteiger partial charge is 0.0683 e. The summed E-state index contributed by atoms with van der Waals surface area (Å²) in [5.74, 6) is 26.1. The first-order chi connectivity index (χ1) is 45.9. The van der Waals surface area contributed by atoms with E-state index in [0.29, 0.717) is 0 Å². The van der Waals surface area contributed by atoms with Crippen LogP contribution in [0.1, 0.15) is 458 Å². The van der Waals surface area contributed by atoms with Crippen LogP contribution in [0.5, 0.6) is 0 Å². The molecule has 0 heterocycles. The van der Waals surface area contributed by atoms with Crippen LogP contribution in [-0.2, 0) is 0 Å². The van der Waals surface area contributed by atoms with Gasteiger partial charge in [-0.15, -0.1) is 0 Å². The van der Waals surface area contributed by atoms with Gasteiger partial charge in [0.25, 0.3) is 0 Å². The van der Waals surface area contributed by atoms with E-state index in [1.165, 1.54) is 180 Å². The second-order valence-electron chi connectivity index (χ2n) is 36.8. The average Bonchev–Trinajstić information content (AvgIpc) is 1.70. The van der Waals surface area contributed by atoms with E-state index in [9.17, 15) is 0 Å². The van der Waals surface area contributed by atoms with Crippen molar-refractivity contribution in [3.8, 4) is 0 Å². The van der Waals surface area contributed by atoms with Gasteiger partial charge in [-0.2, -0.15) is 0 Å². The predicted octanol–water partition coefficient (Wildman–Crippen LogP) is 32.2. The van der Waals surface area contributed by atoms with E-state index in [1.807, 2.05) is 55.4 Å². The third kappa shape index (κ3) is 31.3. The Hall–Kier alpha value is 0. The van der Waals surface area contributed by atoms with Crippen molar-refractivity contribution in [3.05, 3.63) is 0 Å². The molecule has 0 heteroatoms. The van der Waals surface area contributed by atoms with Crippen LogP contribution in [0.25, 0.3) is 0 Å². The third-order valence-electron chi connectivity index (χ3n) is 29.9. The molecule has 0 aliphatic heterocycles. The fourth-order valence-electron chi connectivity index (χ4n) is 23.2. The summed E-state index contributed by atoms with van der Waals surface area (Å²) in [6.45, 7) is 35.7. The van der Waals surface area contributed by atoms with E-state index in [1.54, 1.807) is 167 Å². The third-order valence-corrected chi connectivity index (χ3v) is 29.9. The van der Waals surface area contributed by atoms with Crippen LogP contribution in [0.3, 0.4) is 0 Å². The van der Waals surface area contributed by atoms with Crippen molar-refractivity contribution < 1.29 is 0 Å². The summed E-state index contributed by atoms with van der Waals surface area (Å²) in [6.07, 6.45) is 83.2. The van der Waals surface area contributed by atoms with Gasteiger partial charge in [-0.05, 0) is 283 Å². The van der Waals surface area contributed by atoms with Gasteiger partial charge in [-0.1, -0.05) is 316 Å². The quantitative estimate of drug-likeness (QED) is 0.213. The average molecular weight is 1310 g/mol. The van der Waals surface area contributed by atoms with E-state index in [0.717, 1.165) is 142 Å². The van der Waals surface area contributed by atoms with Crippen molar-refractivity contribution in [3.63, 3.8) is 0 Å². The molecule has 0 aromatic heterocycles. The lowest BCUT2D eigenvalue weighted by Gasteiger charge is -2.36. The van der Waals surface area contributed by atoms with Gasteiger partial charge in [0.05, 0.1) is 0 Å². The molecule has 0 nitrogen and oxygen atoms in total. The van der Waals surface area contributed by atoms with Crippen molar-refractivity contribution in [1.82, 2.24) is 0 Å². The van der Waals surface area contributed by atoms with Crippen molar-refractivity contribution >= 4 is 0 Å². The minimum atomic E-state index is 1.02. The first-order valence-corrected chi connectivity index (χ1v) is 45.9. The topological polar surface area (TPSA) is 0 Å². The summed E-state index contributed by atoms with van der Waals surface area (Å²) in [4.78, 5) is 0. The molecule has 14 rings (SSSR count). The number of hydrogen-bond acceptors (Lipinski definition) is 0. The smallest absolute Gasteiger partial charge is 0.0360 e. The minimum absolute atomic E-state index is 1.02. The van der Waals surface area contributed by atoms with Crippen LogP contribution in [0.15, 0.2) is 0 Å². The summed E-state index contributed by atoms with van der Waals surface area (Å²) >= 11 is 0. The fourth-order valence-corrected chi connectivity index (χ4v) is 23.2. The Bertz CT molecular complexity index is 1570. The lowest BCUT2D eigenvalue weighted by atomic mass is 9.69. The standard InChI is InChI=1S/2C24H42.2C12H22.2C7H14.4C2H6/c2*1-17-7-9-19(10-8-17)21-13-14-22(16-23(15-21)20-11-12-20)24-6-4-3-5-18(24)2;2*1-10-6-8-12(9-7-10)11-4-2-3-5-11;2*1-7-5-3-2-4-6-7;4*1-2/h2*17-24H,3-16H2,1-2H3;2*10-12H,2-9H2,1H3;2*7H,2-6H2,1H3;4*1-2H3. The van der Waals surface area contributed by atoms with Gasteiger partial charge in [0.2, 0.25) is 0 Å². The van der Waals surface area contributed by atoms with Gasteiger partial charge < -0.3 is 0 Å². The molecule has 0 aromatic carbocycles. The van der Waals surface area contributed by atoms with E-state index in [4.69, 9.17) is 0 Å². The number of rotatable bonds is 8. The molecule has 14 aliphatic rings. The highest BCUT2D eigenvalue weighted by molar-refractivity contribution is 4.94. The Morgan fingerprint density at radius 1 is 0.128 bits per heavy atom. The maximum absolute atomic E-state index is 2.58. The zero-order valence-corrected chi connectivity index (χ0v) is 68.0. The zero-order chi connectivity index (χ0) is 68.0. The van der Waals surface area contributed by atoms with Crippen molar-refractivity contribution in [1.29, 1.82) is 0 Å². The second kappa shape index (κ2) is 49.6. The SMILES string of the molecule is CC.CC.CC.CC.CC1CCC(C2CCC(C3CCCCC3C)CC(C3CC3)C2)CC1.CC1CCC(C2CCC(C3CCCCC3C)CC(C3CC3)C2)CC1.CC1CCC(C2CCCC2)CC1.CC1CCC(C2CCCC2)CC1.CC1CCCCC1.CC1CCCCC1. The lowest BCUT2D eigenvalue weighted by molar-refractivity contribution is 0.144. The van der Waals surface area contributed by atoms with Crippen LogP contribution >= 0.6 is 0 Å². The van der Waals surface area contributed by atoms with Gasteiger partial charge in [-0.25, -0.2) is 0 Å². The molecule has 10 unspecified atom stereocenters. The number of hydrogen-bond donors (Lipinski definition) is 0. The Labute approximate surface area is 596 Å². The van der Waals surface area contributed by atoms with Gasteiger partial charge >= 0.3 is 0 Å². The zero-order valence-electron chi connectivity index (χ0n) is 68.0. The minimum Gasteiger partial charge on any atom is -0.0683 e. The van der Waals surface area contributed by atoms with E-state index in [2.05, 4.69) is 55.4 Å². The second-order valence-corrected chi connectivity index (χ2v) is 36.8. The normalized spacial score (nSPS) is 38.4. The van der Waals surface area contributed by atoms with Gasteiger partial charge in [0, 0.05) is 0 Å². The molecule has 14 fully saturated rings. The molecule has 0 saturated heterocycles. The summed E-state index contributed by atoms with van der Waals surface area (Å²) in [7, 11) is 0. The Kier molecular flexibility index (Phi) is 44.7. The van der Waals surface area contributed by atoms with Crippen LogP contribution < -0.4 is 0 Å². The Morgan fingerprint density at radius 3 is 0.543 bits per heavy atom. The van der Waals surface area contributed by atoms with Gasteiger partial charge in [0.15, 0.2) is 0 Å². The first kappa shape index (κ1) is 84.7. The molecule has 0 bridgehead atoms. The van der Waals surface area contributed by atoms with Crippen molar-refractivity contribution in [2.24, 2.45) is 142 Å².